The molecule has 2 rings (SSSR count). The van der Waals surface area contributed by atoms with Gasteiger partial charge in [-0.15, -0.1) is 0 Å². The van der Waals surface area contributed by atoms with Crippen molar-refractivity contribution in [1.29, 1.82) is 0 Å². The summed E-state index contributed by atoms with van der Waals surface area (Å²) in [6.45, 7) is 3.42. The van der Waals surface area contributed by atoms with Gasteiger partial charge in [0.2, 0.25) is 5.91 Å². The summed E-state index contributed by atoms with van der Waals surface area (Å²) in [5, 5.41) is 0. The summed E-state index contributed by atoms with van der Waals surface area (Å²) in [4.78, 5) is 13.2. The Labute approximate surface area is 96.2 Å². The van der Waals surface area contributed by atoms with Crippen LogP contribution >= 0.6 is 0 Å². The third-order valence-corrected chi connectivity index (χ3v) is 3.12. The van der Waals surface area contributed by atoms with Crippen molar-refractivity contribution in [3.8, 4) is 0 Å². The van der Waals surface area contributed by atoms with Crippen molar-refractivity contribution in [3.05, 3.63) is 29.3 Å². The van der Waals surface area contributed by atoms with Crippen molar-refractivity contribution >= 4 is 11.6 Å². The molecule has 0 saturated carbocycles. The molecule has 3 nitrogen and oxygen atoms in total. The molecule has 16 heavy (non-hydrogen) atoms. The Morgan fingerprint density at radius 1 is 1.50 bits per heavy atom. The van der Waals surface area contributed by atoms with Crippen LogP contribution in [0.4, 0.5) is 5.69 Å². The van der Waals surface area contributed by atoms with E-state index in [-0.39, 0.29) is 5.91 Å². The van der Waals surface area contributed by atoms with Gasteiger partial charge in [0.15, 0.2) is 0 Å². The Bertz CT molecular complexity index is 387. The number of para-hydroxylation sites is 1. The fourth-order valence-corrected chi connectivity index (χ4v) is 2.46. The highest BCUT2D eigenvalue weighted by Crippen LogP contribution is 2.30. The molecule has 1 aromatic rings. The minimum Gasteiger partial charge on any atom is -0.368 e. The molecule has 0 saturated heterocycles. The Hall–Kier alpha value is -1.51. The number of rotatable bonds is 3. The molecule has 0 aromatic heterocycles. The first-order valence-corrected chi connectivity index (χ1v) is 5.86. The molecule has 2 N–H and O–H groups in total. The highest BCUT2D eigenvalue weighted by atomic mass is 16.1. The Balaban J connectivity index is 2.38. The summed E-state index contributed by atoms with van der Waals surface area (Å²) in [6, 6.07) is 6.39. The predicted molar refractivity (Wildman–Crippen MR) is 65.5 cm³/mol. The number of nitrogens with two attached hydrogens (primary N) is 1. The number of carbonyl (C=O) groups is 1. The van der Waals surface area contributed by atoms with Gasteiger partial charge >= 0.3 is 0 Å². The van der Waals surface area contributed by atoms with Crippen molar-refractivity contribution in [2.75, 3.05) is 18.0 Å². The number of primary amides is 1. The summed E-state index contributed by atoms with van der Waals surface area (Å²) in [5.74, 6) is -0.251. The number of benzene rings is 1. The summed E-state index contributed by atoms with van der Waals surface area (Å²) >= 11 is 0. The van der Waals surface area contributed by atoms with Gasteiger partial charge in [-0.05, 0) is 30.4 Å². The number of fused-ring (bicyclic) bond motifs is 1. The van der Waals surface area contributed by atoms with Gasteiger partial charge in [-0.25, -0.2) is 0 Å². The average molecular weight is 218 g/mol. The standard InChI is InChI=1S/C13H18N2O/c1-2-10-5-3-6-11-7-4-8-15(13(10)11)9-12(14)16/h3,5-6H,2,4,7-9H2,1H3,(H2,14,16). The molecule has 1 aliphatic heterocycles. The van der Waals surface area contributed by atoms with E-state index >= 15 is 0 Å². The lowest BCUT2D eigenvalue weighted by Gasteiger charge is -2.32. The third-order valence-electron chi connectivity index (χ3n) is 3.12. The number of hydrogen-bond acceptors (Lipinski definition) is 2. The first-order valence-electron chi connectivity index (χ1n) is 5.86. The molecule has 1 aliphatic rings. The van der Waals surface area contributed by atoms with Crippen LogP contribution in [-0.2, 0) is 17.6 Å². The molecule has 1 heterocycles. The Morgan fingerprint density at radius 2 is 2.31 bits per heavy atom. The second-order valence-electron chi connectivity index (χ2n) is 4.27. The lowest BCUT2D eigenvalue weighted by atomic mass is 9.96. The zero-order valence-electron chi connectivity index (χ0n) is 9.70. The van der Waals surface area contributed by atoms with E-state index in [2.05, 4.69) is 30.0 Å². The van der Waals surface area contributed by atoms with Gasteiger partial charge in [-0.3, -0.25) is 4.79 Å². The van der Waals surface area contributed by atoms with Gasteiger partial charge in [0.1, 0.15) is 0 Å². The number of carbonyl (C=O) groups excluding carboxylic acids is 1. The van der Waals surface area contributed by atoms with Crippen LogP contribution in [0.3, 0.4) is 0 Å². The van der Waals surface area contributed by atoms with Crippen LogP contribution in [0.1, 0.15) is 24.5 Å². The molecular weight excluding hydrogens is 200 g/mol. The van der Waals surface area contributed by atoms with Gasteiger partial charge in [-0.1, -0.05) is 25.1 Å². The molecule has 1 amide bonds. The summed E-state index contributed by atoms with van der Waals surface area (Å²) in [7, 11) is 0. The van der Waals surface area contributed by atoms with Crippen LogP contribution in [0, 0.1) is 0 Å². The van der Waals surface area contributed by atoms with Crippen LogP contribution < -0.4 is 10.6 Å². The normalized spacial score (nSPS) is 14.7. The summed E-state index contributed by atoms with van der Waals surface area (Å²) in [5.41, 5.74) is 9.21. The van der Waals surface area contributed by atoms with E-state index < -0.39 is 0 Å². The van der Waals surface area contributed by atoms with Crippen molar-refractivity contribution in [3.63, 3.8) is 0 Å². The van der Waals surface area contributed by atoms with Crippen molar-refractivity contribution in [2.45, 2.75) is 26.2 Å². The maximum atomic E-state index is 11.1. The topological polar surface area (TPSA) is 46.3 Å². The van der Waals surface area contributed by atoms with E-state index in [1.807, 2.05) is 0 Å². The number of nitrogens with zero attached hydrogens (tertiary/aromatic N) is 1. The Kier molecular flexibility index (Phi) is 3.13. The molecule has 0 bridgehead atoms. The zero-order valence-corrected chi connectivity index (χ0v) is 9.70. The molecule has 0 spiro atoms. The monoisotopic (exact) mass is 218 g/mol. The summed E-state index contributed by atoms with van der Waals surface area (Å²) in [6.07, 6.45) is 3.21. The second-order valence-corrected chi connectivity index (χ2v) is 4.27. The Morgan fingerprint density at radius 3 is 3.00 bits per heavy atom. The smallest absolute Gasteiger partial charge is 0.236 e. The molecule has 0 radical (unpaired) electrons. The van der Waals surface area contributed by atoms with Crippen LogP contribution in [0.5, 0.6) is 0 Å². The maximum absolute atomic E-state index is 11.1. The number of amides is 1. The number of hydrogen-bond donors (Lipinski definition) is 1. The van der Waals surface area contributed by atoms with Crippen molar-refractivity contribution < 1.29 is 4.79 Å². The fourth-order valence-electron chi connectivity index (χ4n) is 2.46. The van der Waals surface area contributed by atoms with E-state index in [4.69, 9.17) is 5.73 Å². The van der Waals surface area contributed by atoms with Gasteiger partial charge in [0.05, 0.1) is 6.54 Å². The van der Waals surface area contributed by atoms with Crippen LogP contribution in [-0.4, -0.2) is 19.0 Å². The largest absolute Gasteiger partial charge is 0.368 e. The van der Waals surface area contributed by atoms with Crippen LogP contribution in [0.25, 0.3) is 0 Å². The fraction of sp³-hybridized carbons (Fsp3) is 0.462. The molecule has 0 fully saturated rings. The van der Waals surface area contributed by atoms with Gasteiger partial charge < -0.3 is 10.6 Å². The van der Waals surface area contributed by atoms with Crippen molar-refractivity contribution in [1.82, 2.24) is 0 Å². The van der Waals surface area contributed by atoms with E-state index in [1.54, 1.807) is 0 Å². The van der Waals surface area contributed by atoms with Crippen LogP contribution in [0.15, 0.2) is 18.2 Å². The quantitative estimate of drug-likeness (QED) is 0.835. The molecule has 1 aromatic carbocycles. The second kappa shape index (κ2) is 4.56. The molecule has 0 atom stereocenters. The highest BCUT2D eigenvalue weighted by Gasteiger charge is 2.20. The van der Waals surface area contributed by atoms with Gasteiger partial charge in [0.25, 0.3) is 0 Å². The van der Waals surface area contributed by atoms with E-state index in [1.165, 1.54) is 16.8 Å². The van der Waals surface area contributed by atoms with Crippen molar-refractivity contribution in [2.24, 2.45) is 5.73 Å². The molecule has 3 heteroatoms. The molecule has 86 valence electrons. The zero-order chi connectivity index (χ0) is 11.5. The first-order chi connectivity index (χ1) is 7.72. The maximum Gasteiger partial charge on any atom is 0.236 e. The molecule has 0 unspecified atom stereocenters. The van der Waals surface area contributed by atoms with Crippen LogP contribution in [0.2, 0.25) is 0 Å². The number of aryl methyl sites for hydroxylation is 2. The number of anilines is 1. The third kappa shape index (κ3) is 2.03. The van der Waals surface area contributed by atoms with Gasteiger partial charge in [-0.2, -0.15) is 0 Å². The van der Waals surface area contributed by atoms with E-state index in [0.717, 1.165) is 25.8 Å². The average Bonchev–Trinajstić information content (AvgIpc) is 2.28. The molecule has 0 aliphatic carbocycles. The lowest BCUT2D eigenvalue weighted by molar-refractivity contribution is -0.116. The minimum atomic E-state index is -0.251. The molecular formula is C13H18N2O. The van der Waals surface area contributed by atoms with E-state index in [9.17, 15) is 4.79 Å². The minimum absolute atomic E-state index is 0.251. The SMILES string of the molecule is CCc1cccc2c1N(CC(N)=O)CCC2. The lowest BCUT2D eigenvalue weighted by Crippen LogP contribution is -2.37. The predicted octanol–water partition coefficient (Wildman–Crippen LogP) is 1.49. The first kappa shape index (κ1) is 11.0. The highest BCUT2D eigenvalue weighted by molar-refractivity contribution is 5.80. The summed E-state index contributed by atoms with van der Waals surface area (Å²) < 4.78 is 0. The van der Waals surface area contributed by atoms with E-state index in [0.29, 0.717) is 6.54 Å². The van der Waals surface area contributed by atoms with Gasteiger partial charge in [0, 0.05) is 12.2 Å².